The molecular formula is C15H22N2O2. The highest BCUT2D eigenvalue weighted by Gasteiger charge is 2.20. The van der Waals surface area contributed by atoms with E-state index in [9.17, 15) is 9.59 Å². The fraction of sp³-hybridized carbons (Fsp3) is 0.600. The molecule has 19 heavy (non-hydrogen) atoms. The molecule has 4 nitrogen and oxygen atoms in total. The first kappa shape index (κ1) is 13.8. The SMILES string of the molecule is CCC1CCC(CNC(=O)c2cc[nH]c(=O)c2)CC1. The van der Waals surface area contributed by atoms with Crippen LogP contribution in [0.4, 0.5) is 0 Å². The first-order valence-electron chi connectivity index (χ1n) is 7.16. The van der Waals surface area contributed by atoms with Crippen LogP contribution in [0.25, 0.3) is 0 Å². The number of pyridine rings is 1. The van der Waals surface area contributed by atoms with Crippen molar-refractivity contribution in [1.29, 1.82) is 0 Å². The van der Waals surface area contributed by atoms with E-state index < -0.39 is 0 Å². The molecule has 0 saturated heterocycles. The van der Waals surface area contributed by atoms with Gasteiger partial charge in [-0.25, -0.2) is 0 Å². The maximum Gasteiger partial charge on any atom is 0.251 e. The summed E-state index contributed by atoms with van der Waals surface area (Å²) in [6.45, 7) is 2.97. The molecule has 1 saturated carbocycles. The first-order chi connectivity index (χ1) is 9.19. The summed E-state index contributed by atoms with van der Waals surface area (Å²) in [5.41, 5.74) is 0.196. The van der Waals surface area contributed by atoms with Gasteiger partial charge in [0, 0.05) is 24.4 Å². The van der Waals surface area contributed by atoms with E-state index in [0.717, 1.165) is 12.5 Å². The minimum absolute atomic E-state index is 0.149. The molecule has 1 aliphatic rings. The lowest BCUT2D eigenvalue weighted by Crippen LogP contribution is -2.31. The summed E-state index contributed by atoms with van der Waals surface area (Å²) in [4.78, 5) is 25.5. The third kappa shape index (κ3) is 3.94. The molecule has 0 aliphatic heterocycles. The van der Waals surface area contributed by atoms with Crippen molar-refractivity contribution in [2.24, 2.45) is 11.8 Å². The van der Waals surface area contributed by atoms with Crippen molar-refractivity contribution in [2.45, 2.75) is 39.0 Å². The minimum Gasteiger partial charge on any atom is -0.352 e. The van der Waals surface area contributed by atoms with Crippen LogP contribution in [0.5, 0.6) is 0 Å². The Balaban J connectivity index is 1.80. The summed E-state index contributed by atoms with van der Waals surface area (Å²) in [5.74, 6) is 1.32. The summed E-state index contributed by atoms with van der Waals surface area (Å²) in [7, 11) is 0. The number of carbonyl (C=O) groups is 1. The maximum absolute atomic E-state index is 11.9. The quantitative estimate of drug-likeness (QED) is 0.874. The molecule has 0 radical (unpaired) electrons. The molecule has 1 heterocycles. The molecule has 0 atom stereocenters. The second kappa shape index (κ2) is 6.55. The van der Waals surface area contributed by atoms with E-state index in [0.29, 0.717) is 11.5 Å². The summed E-state index contributed by atoms with van der Waals surface area (Å²) >= 11 is 0. The number of rotatable bonds is 4. The van der Waals surface area contributed by atoms with Crippen LogP contribution in [0.2, 0.25) is 0 Å². The molecule has 2 N–H and O–H groups in total. The van der Waals surface area contributed by atoms with E-state index >= 15 is 0 Å². The van der Waals surface area contributed by atoms with Crippen LogP contribution in [0, 0.1) is 11.8 Å². The smallest absolute Gasteiger partial charge is 0.251 e. The van der Waals surface area contributed by atoms with Gasteiger partial charge in [-0.15, -0.1) is 0 Å². The molecule has 1 aromatic heterocycles. The third-order valence-electron chi connectivity index (χ3n) is 4.13. The number of nitrogens with one attached hydrogen (secondary N) is 2. The van der Waals surface area contributed by atoms with Crippen molar-refractivity contribution < 1.29 is 4.79 Å². The summed E-state index contributed by atoms with van der Waals surface area (Å²) < 4.78 is 0. The Morgan fingerprint density at radius 1 is 1.32 bits per heavy atom. The van der Waals surface area contributed by atoms with Crippen LogP contribution in [-0.4, -0.2) is 17.4 Å². The van der Waals surface area contributed by atoms with Gasteiger partial charge < -0.3 is 10.3 Å². The monoisotopic (exact) mass is 262 g/mol. The average Bonchev–Trinajstić information content (AvgIpc) is 2.45. The van der Waals surface area contributed by atoms with Crippen molar-refractivity contribution in [3.8, 4) is 0 Å². The zero-order chi connectivity index (χ0) is 13.7. The van der Waals surface area contributed by atoms with E-state index in [1.165, 1.54) is 44.4 Å². The van der Waals surface area contributed by atoms with E-state index in [4.69, 9.17) is 0 Å². The van der Waals surface area contributed by atoms with Crippen LogP contribution in [0.3, 0.4) is 0 Å². The van der Waals surface area contributed by atoms with Crippen LogP contribution in [0.1, 0.15) is 49.4 Å². The van der Waals surface area contributed by atoms with Gasteiger partial charge in [0.1, 0.15) is 0 Å². The van der Waals surface area contributed by atoms with E-state index in [-0.39, 0.29) is 11.5 Å². The zero-order valence-corrected chi connectivity index (χ0v) is 11.4. The average molecular weight is 262 g/mol. The summed E-state index contributed by atoms with van der Waals surface area (Å²) in [6, 6.07) is 2.97. The second-order valence-corrected chi connectivity index (χ2v) is 5.45. The predicted octanol–water partition coefficient (Wildman–Crippen LogP) is 2.32. The van der Waals surface area contributed by atoms with Gasteiger partial charge in [0.15, 0.2) is 0 Å². The number of aromatic amines is 1. The van der Waals surface area contributed by atoms with Gasteiger partial charge in [-0.05, 0) is 30.7 Å². The Kier molecular flexibility index (Phi) is 4.77. The number of hydrogen-bond acceptors (Lipinski definition) is 2. The van der Waals surface area contributed by atoms with Crippen molar-refractivity contribution in [3.05, 3.63) is 34.2 Å². The van der Waals surface area contributed by atoms with E-state index in [2.05, 4.69) is 17.2 Å². The molecule has 1 aromatic rings. The molecule has 4 heteroatoms. The van der Waals surface area contributed by atoms with Crippen LogP contribution >= 0.6 is 0 Å². The minimum atomic E-state index is -0.240. The number of carbonyl (C=O) groups excluding carboxylic acids is 1. The fourth-order valence-electron chi connectivity index (χ4n) is 2.77. The normalized spacial score (nSPS) is 23.0. The van der Waals surface area contributed by atoms with E-state index in [1.807, 2.05) is 0 Å². The van der Waals surface area contributed by atoms with Gasteiger partial charge in [0.05, 0.1) is 0 Å². The van der Waals surface area contributed by atoms with Crippen LogP contribution in [0.15, 0.2) is 23.1 Å². The topological polar surface area (TPSA) is 62.0 Å². The fourth-order valence-corrected chi connectivity index (χ4v) is 2.77. The van der Waals surface area contributed by atoms with Crippen molar-refractivity contribution in [3.63, 3.8) is 0 Å². The van der Waals surface area contributed by atoms with Gasteiger partial charge in [0.2, 0.25) is 5.56 Å². The molecule has 1 fully saturated rings. The largest absolute Gasteiger partial charge is 0.352 e. The predicted molar refractivity (Wildman–Crippen MR) is 75.1 cm³/mol. The highest BCUT2D eigenvalue weighted by Crippen LogP contribution is 2.30. The molecule has 0 aromatic carbocycles. The summed E-state index contributed by atoms with van der Waals surface area (Å²) in [6.07, 6.45) is 7.74. The second-order valence-electron chi connectivity index (χ2n) is 5.45. The molecule has 0 bridgehead atoms. The number of aromatic nitrogens is 1. The van der Waals surface area contributed by atoms with Crippen LogP contribution in [-0.2, 0) is 0 Å². The first-order valence-corrected chi connectivity index (χ1v) is 7.16. The molecule has 1 amide bonds. The number of hydrogen-bond donors (Lipinski definition) is 2. The highest BCUT2D eigenvalue weighted by atomic mass is 16.2. The number of H-pyrrole nitrogens is 1. The Labute approximate surface area is 113 Å². The Hall–Kier alpha value is -1.58. The van der Waals surface area contributed by atoms with Gasteiger partial charge in [-0.1, -0.05) is 26.2 Å². The zero-order valence-electron chi connectivity index (χ0n) is 11.4. The molecule has 2 rings (SSSR count). The van der Waals surface area contributed by atoms with Crippen molar-refractivity contribution >= 4 is 5.91 Å². The van der Waals surface area contributed by atoms with Gasteiger partial charge >= 0.3 is 0 Å². The lowest BCUT2D eigenvalue weighted by Gasteiger charge is -2.27. The Morgan fingerprint density at radius 3 is 2.63 bits per heavy atom. The van der Waals surface area contributed by atoms with E-state index in [1.54, 1.807) is 6.07 Å². The van der Waals surface area contributed by atoms with Gasteiger partial charge in [-0.3, -0.25) is 9.59 Å². The Morgan fingerprint density at radius 2 is 2.00 bits per heavy atom. The molecule has 0 unspecified atom stereocenters. The molecule has 0 spiro atoms. The van der Waals surface area contributed by atoms with Crippen LogP contribution < -0.4 is 10.9 Å². The molecule has 1 aliphatic carbocycles. The maximum atomic E-state index is 11.9. The highest BCUT2D eigenvalue weighted by molar-refractivity contribution is 5.93. The summed E-state index contributed by atoms with van der Waals surface area (Å²) in [5, 5.41) is 2.94. The number of amides is 1. The standard InChI is InChI=1S/C15H22N2O2/c1-2-11-3-5-12(6-4-11)10-17-15(19)13-7-8-16-14(18)9-13/h7-9,11-12H,2-6,10H2,1H3,(H,16,18)(H,17,19). The lowest BCUT2D eigenvalue weighted by atomic mass is 9.81. The lowest BCUT2D eigenvalue weighted by molar-refractivity contribution is 0.0941. The molecular weight excluding hydrogens is 240 g/mol. The third-order valence-corrected chi connectivity index (χ3v) is 4.13. The van der Waals surface area contributed by atoms with Crippen molar-refractivity contribution in [1.82, 2.24) is 10.3 Å². The van der Waals surface area contributed by atoms with Gasteiger partial charge in [0.25, 0.3) is 5.91 Å². The van der Waals surface area contributed by atoms with Crippen molar-refractivity contribution in [2.75, 3.05) is 6.54 Å². The molecule has 104 valence electrons. The Bertz CT molecular complexity index is 473. The van der Waals surface area contributed by atoms with Gasteiger partial charge in [-0.2, -0.15) is 0 Å².